The number of rotatable bonds is 8. The van der Waals surface area contributed by atoms with Crippen molar-refractivity contribution in [1.82, 2.24) is 0 Å². The van der Waals surface area contributed by atoms with Crippen LogP contribution in [-0.4, -0.2) is 151 Å². The molecular weight excluding hydrogens is 8730 g/mol. The van der Waals surface area contributed by atoms with Crippen LogP contribution in [-0.2, 0) is 18.1 Å². The molecule has 4 atom stereocenters. The summed E-state index contributed by atoms with van der Waals surface area (Å²) in [7, 11) is -75.4. The van der Waals surface area contributed by atoms with Crippen molar-refractivity contribution >= 4 is 123 Å². The summed E-state index contributed by atoms with van der Waals surface area (Å²) in [6, 6.07) is 0. The molecule has 5 aliphatic rings. The monoisotopic (exact) mass is 8770 g/mol. The van der Waals surface area contributed by atoms with Gasteiger partial charge in [-0.15, -0.1) is 72.2 Å². The van der Waals surface area contributed by atoms with Crippen LogP contribution in [0.15, 0.2) is 72.2 Å². The Labute approximate surface area is 362 Å². The van der Waals surface area contributed by atoms with E-state index in [4.69, 9.17) is 68.5 Å². The summed E-state index contributed by atoms with van der Waals surface area (Å²) in [5.74, 6) is 0. The first-order chi connectivity index (χ1) is 28.7. The Hall–Kier alpha value is -25.6. The third-order valence-corrected chi connectivity index (χ3v) is 37.0. The third-order valence-electron chi connectivity index (χ3n) is 4.72. The zero-order valence-electron chi connectivity index (χ0n) is 49.7. The molecule has 0 spiro atoms. The summed E-state index contributed by atoms with van der Waals surface area (Å²) < 4.78 is 63.2. The fourth-order valence-electron chi connectivity index (χ4n) is 3.36. The van der Waals surface area contributed by atoms with E-state index < -0.39 is 136 Å². The summed E-state index contributed by atoms with van der Waals surface area (Å²) in [6.45, 7) is -2.82. The molecule has 92 heteroatoms. The second-order valence-corrected chi connectivity index (χ2v) is 40.1. The molecule has 0 saturated heterocycles. The molecule has 0 saturated carbocycles. The quantitative estimate of drug-likeness (QED) is 0.119. The molecule has 48 nitrogen and oxygen atoms in total. The topological polar surface area (TPSA) is 801 Å². The molecule has 0 radical (unpaired) electrons. The standard InChI is InChI=1S/C2H18N9O18P9.H8N4O8P4.H6N3O6P3.28Rf/c12-30(13)3-31(14,15)6-35(22,5-30)26-1-28-37(24)9-34(20,21)10-38(25,11-37)29-2-27-36(23)7-32(16,17)4-33(18,19)8-36;5-13(6)1-14(7,8)3-16(11,12)4-15(9,10)2-13;4-10(5)1-11(6,7)3-12(8,9)2-10;;;;;;;;;;;;;;;;;;;;;;;;;;;;/h12-25H,1-2H2;5-12H;4-9H;;;;;;;;;;;;;;;;;;;;;;;;;;;;. The second-order valence-electron chi connectivity index (χ2n) is 10.7. The smallest absolute Gasteiger partial charge is 0.322 e. The van der Waals surface area contributed by atoms with Crippen LogP contribution in [0.3, 0.4) is 0 Å². The van der Waals surface area contributed by atoms with Gasteiger partial charge in [0.2, 0.25) is 0 Å². The van der Waals surface area contributed by atoms with E-state index in [1.54, 1.807) is 0 Å². The van der Waals surface area contributed by atoms with Crippen molar-refractivity contribution in [2.45, 2.75) is 0 Å². The van der Waals surface area contributed by atoms with Crippen LogP contribution in [0, 0.1) is 0 Å². The number of hydrogen-bond donors (Lipinski definition) is 28. The van der Waals surface area contributed by atoms with Gasteiger partial charge < -0.3 is 137 Å². The van der Waals surface area contributed by atoms with Crippen molar-refractivity contribution in [3.63, 3.8) is 0 Å². The maximum atomic E-state index is 10.4. The van der Waals surface area contributed by atoms with Gasteiger partial charge in [0.05, 0.1) is 0 Å². The SMILES string of the molecule is OP1(O)=NP(O)(O)=NP(O)(O)=N1.OP1(O)=NP(O)(O)=NP(O)(O)=NP(O)(O)=N1.OP1(O)=NP(O)(O)=NP(O)(OCOP2(O)=NP(O)(O)=NP(O)(OCOP3(O)=NP(O)(O)=NP(O)(O)=N3)=N2)=N1.[Rf].[Rf].[Rf].[Rf].[Rf].[Rf].[Rf].[Rf].[Rf].[Rf].[Rf].[Rf].[Rf].[Rf].[Rf].[Rf].[Rf].[Rf].[Rf].[Rf].[Rf].[Rf].[Rf].[Rf].[Rf].[Rf].[Rf].[Rf]. The molecule has 94 heavy (non-hydrogen) atoms. The Balaban J connectivity index is -0.0000000302. The first-order valence-electron chi connectivity index (χ1n) is 13.9. The van der Waals surface area contributed by atoms with Crippen LogP contribution < -0.4 is 0 Å². The number of hydrogen-bond acceptors (Lipinski definition) is 20. The molecule has 448 valence electrons. The van der Waals surface area contributed by atoms with Crippen molar-refractivity contribution < 1.29 is 155 Å². The summed E-state index contributed by atoms with van der Waals surface area (Å²) in [5.41, 5.74) is 0. The zero-order chi connectivity index (χ0) is 51.6. The zero-order valence-corrected chi connectivity index (χ0v) is 243. The van der Waals surface area contributed by atoms with Gasteiger partial charge in [-0.05, 0) is 0 Å². The predicted octanol–water partition coefficient (Wildman–Crippen LogP) is 0.932. The van der Waals surface area contributed by atoms with E-state index in [1.165, 1.54) is 0 Å². The molecule has 0 bridgehead atoms. The van der Waals surface area contributed by atoms with Gasteiger partial charge in [0.1, 0.15) is 0 Å². The molecule has 0 aromatic carbocycles. The molecule has 0 aromatic heterocycles. The Kier molecular flexibility index (Phi) is 64.0. The fraction of sp³-hybridized carbons (Fsp3) is 1.00. The van der Waals surface area contributed by atoms with Crippen LogP contribution >= 0.6 is 123 Å². The number of nitrogens with zero attached hydrogens (tertiary/aromatic N) is 16. The van der Waals surface area contributed by atoms with Crippen LogP contribution in [0.1, 0.15) is 0 Å². The minimum atomic E-state index is -4.98. The normalized spacial score (nSPS) is 24.8. The van der Waals surface area contributed by atoms with E-state index in [0.29, 0.717) is 0 Å². The molecule has 0 aromatic rings. The Morgan fingerprint density at radius 1 is 0.128 bits per heavy atom. The molecule has 0 aliphatic carbocycles. The maximum absolute atomic E-state index is 10.4. The molecule has 5 aliphatic heterocycles. The van der Waals surface area contributed by atoms with Gasteiger partial charge in [-0.2, -0.15) is 0 Å². The Morgan fingerprint density at radius 3 is 0.340 bits per heavy atom. The average Bonchev–Trinajstić information content (AvgIpc) is 2.85. The summed E-state index contributed by atoms with van der Waals surface area (Å²) in [5, 5.41) is 0. The summed E-state index contributed by atoms with van der Waals surface area (Å²) in [4.78, 5) is 261. The Bertz CT molecular complexity index is 2720. The molecule has 5 rings (SSSR count). The third kappa shape index (κ3) is 38.0. The van der Waals surface area contributed by atoms with E-state index in [2.05, 4.69) is 90.3 Å². The van der Waals surface area contributed by atoms with E-state index in [-0.39, 0.29) is 0 Å². The van der Waals surface area contributed by atoms with E-state index in [9.17, 15) is 68.5 Å². The van der Waals surface area contributed by atoms with Gasteiger partial charge in [-0.3, -0.25) is 18.1 Å². The second kappa shape index (κ2) is 34.8. The minimum Gasteiger partial charge on any atom is -0.322 e. The molecule has 0 fully saturated rings. The van der Waals surface area contributed by atoms with Crippen molar-refractivity contribution in [1.29, 1.82) is 0 Å². The maximum Gasteiger partial charge on any atom is 0.348 e. The first kappa shape index (κ1) is 173. The van der Waals surface area contributed by atoms with Gasteiger partial charge in [-0.1, -0.05) is 0 Å². The summed E-state index contributed by atoms with van der Waals surface area (Å²) in [6.07, 6.45) is 0. The van der Waals surface area contributed by atoms with E-state index in [1.807, 2.05) is 0 Å². The molecular formula is C2H32N16O32P16Rf28. The van der Waals surface area contributed by atoms with Crippen molar-refractivity contribution in [2.24, 2.45) is 72.2 Å². The van der Waals surface area contributed by atoms with Crippen molar-refractivity contribution in [2.75, 3.05) is 13.6 Å². The first-order valence-corrected chi connectivity index (χ1v) is 39.3. The van der Waals surface area contributed by atoms with E-state index >= 15 is 0 Å². The van der Waals surface area contributed by atoms with Crippen LogP contribution in [0.4, 0.5) is 0 Å². The van der Waals surface area contributed by atoms with Gasteiger partial charge in [0.25, 0.3) is 0 Å². The van der Waals surface area contributed by atoms with Gasteiger partial charge in [0, 0.05) is 0 Å². The van der Waals surface area contributed by atoms with Gasteiger partial charge >= 0.3 is 123 Å². The molecule has 4 unspecified atom stereocenters. The summed E-state index contributed by atoms with van der Waals surface area (Å²) >= 11 is 0. The predicted molar refractivity (Wildman–Crippen MR) is 226 cm³/mol. The van der Waals surface area contributed by atoms with Gasteiger partial charge in [-0.25, -0.2) is 0 Å². The molecule has 5 heterocycles. The van der Waals surface area contributed by atoms with Crippen LogP contribution in [0.2, 0.25) is 0 Å². The molecule has 28 N–H and O–H groups in total. The van der Waals surface area contributed by atoms with Gasteiger partial charge in [0.15, 0.2) is 13.6 Å². The van der Waals surface area contributed by atoms with Crippen molar-refractivity contribution in [3.05, 3.63) is 0 Å². The molecule has 0 amide bonds. The minimum absolute atomic E-state index is 0. The largest absolute Gasteiger partial charge is 0.348 e. The van der Waals surface area contributed by atoms with Crippen molar-refractivity contribution in [3.8, 4) is 0 Å². The fourth-order valence-corrected chi connectivity index (χ4v) is 33.7. The van der Waals surface area contributed by atoms with Crippen LogP contribution in [0.25, 0.3) is 0 Å². The Morgan fingerprint density at radius 2 is 0.213 bits per heavy atom. The van der Waals surface area contributed by atoms with E-state index in [0.717, 1.165) is 0 Å². The van der Waals surface area contributed by atoms with Crippen LogP contribution in [0.5, 0.6) is 0 Å². The average molecular weight is 8760 g/mol.